The first-order valence-electron chi connectivity index (χ1n) is 6.40. The smallest absolute Gasteiger partial charge is 0.0446 e. The number of halogens is 1. The monoisotopic (exact) mass is 271 g/mol. The van der Waals surface area contributed by atoms with Gasteiger partial charge in [0.05, 0.1) is 0 Å². The van der Waals surface area contributed by atoms with E-state index in [0.29, 0.717) is 0 Å². The van der Waals surface area contributed by atoms with Gasteiger partial charge in [0, 0.05) is 16.5 Å². The van der Waals surface area contributed by atoms with Crippen molar-refractivity contribution < 1.29 is 0 Å². The Bertz CT molecular complexity index is 328. The van der Waals surface area contributed by atoms with E-state index in [1.165, 1.54) is 37.0 Å². The minimum absolute atomic E-state index is 0.847. The summed E-state index contributed by atoms with van der Waals surface area (Å²) in [5.41, 5.74) is 1.13. The second-order valence-electron chi connectivity index (χ2n) is 4.32. The maximum atomic E-state index is 6.07. The highest BCUT2D eigenvalue weighted by Gasteiger charge is 1.98. The summed E-state index contributed by atoms with van der Waals surface area (Å²) in [5.74, 6) is 0. The Hall–Kier alpha value is -0.180. The second kappa shape index (κ2) is 8.84. The summed E-state index contributed by atoms with van der Waals surface area (Å²) in [6.07, 6.45) is 6.62. The van der Waals surface area contributed by atoms with Crippen LogP contribution in [0.25, 0.3) is 0 Å². The number of aryl methyl sites for hydroxylation is 1. The molecule has 0 heterocycles. The Morgan fingerprint density at radius 2 is 1.94 bits per heavy atom. The SMILES string of the molecule is CCCCCCCNSc1ccc(C)c(Cl)c1. The topological polar surface area (TPSA) is 12.0 Å². The van der Waals surface area contributed by atoms with Crippen molar-refractivity contribution in [1.82, 2.24) is 4.72 Å². The minimum Gasteiger partial charge on any atom is -0.260 e. The van der Waals surface area contributed by atoms with Gasteiger partial charge < -0.3 is 0 Å². The predicted octanol–water partition coefficient (Wildman–Crippen LogP) is 5.22. The van der Waals surface area contributed by atoms with Gasteiger partial charge in [0.2, 0.25) is 0 Å². The van der Waals surface area contributed by atoms with E-state index in [1.807, 2.05) is 13.0 Å². The first kappa shape index (κ1) is 14.9. The lowest BCUT2D eigenvalue weighted by Crippen LogP contribution is -2.05. The molecule has 0 aliphatic carbocycles. The zero-order valence-corrected chi connectivity index (χ0v) is 12.3. The molecule has 0 fully saturated rings. The van der Waals surface area contributed by atoms with Crippen molar-refractivity contribution in [2.24, 2.45) is 0 Å². The Balaban J connectivity index is 2.11. The number of hydrogen-bond donors (Lipinski definition) is 1. The van der Waals surface area contributed by atoms with Crippen LogP contribution in [0.15, 0.2) is 23.1 Å². The summed E-state index contributed by atoms with van der Waals surface area (Å²) in [7, 11) is 0. The normalized spacial score (nSPS) is 10.8. The lowest BCUT2D eigenvalue weighted by atomic mass is 10.2. The zero-order valence-electron chi connectivity index (χ0n) is 10.8. The van der Waals surface area contributed by atoms with Crippen LogP contribution in [-0.4, -0.2) is 6.54 Å². The van der Waals surface area contributed by atoms with Crippen LogP contribution in [0.2, 0.25) is 5.02 Å². The largest absolute Gasteiger partial charge is 0.260 e. The van der Waals surface area contributed by atoms with Crippen molar-refractivity contribution in [1.29, 1.82) is 0 Å². The molecular weight excluding hydrogens is 250 g/mol. The van der Waals surface area contributed by atoms with Crippen LogP contribution in [0.4, 0.5) is 0 Å². The molecule has 0 saturated heterocycles. The maximum Gasteiger partial charge on any atom is 0.0446 e. The second-order valence-corrected chi connectivity index (χ2v) is 5.69. The van der Waals surface area contributed by atoms with E-state index in [-0.39, 0.29) is 0 Å². The molecule has 0 radical (unpaired) electrons. The van der Waals surface area contributed by atoms with Crippen molar-refractivity contribution >= 4 is 23.5 Å². The molecule has 96 valence electrons. The summed E-state index contributed by atoms with van der Waals surface area (Å²) >= 11 is 7.74. The van der Waals surface area contributed by atoms with E-state index in [9.17, 15) is 0 Å². The lowest BCUT2D eigenvalue weighted by molar-refractivity contribution is 0.630. The van der Waals surface area contributed by atoms with Gasteiger partial charge in [-0.2, -0.15) is 0 Å². The van der Waals surface area contributed by atoms with Crippen LogP contribution in [0.1, 0.15) is 44.6 Å². The summed E-state index contributed by atoms with van der Waals surface area (Å²) in [6.45, 7) is 5.34. The van der Waals surface area contributed by atoms with Crippen LogP contribution in [-0.2, 0) is 0 Å². The Morgan fingerprint density at radius 3 is 2.65 bits per heavy atom. The van der Waals surface area contributed by atoms with E-state index in [2.05, 4.69) is 23.8 Å². The van der Waals surface area contributed by atoms with Crippen LogP contribution >= 0.6 is 23.5 Å². The minimum atomic E-state index is 0.847. The number of benzene rings is 1. The summed E-state index contributed by atoms with van der Waals surface area (Å²) < 4.78 is 3.38. The van der Waals surface area contributed by atoms with E-state index in [1.54, 1.807) is 11.9 Å². The third-order valence-corrected chi connectivity index (χ3v) is 3.96. The van der Waals surface area contributed by atoms with E-state index in [0.717, 1.165) is 17.1 Å². The van der Waals surface area contributed by atoms with Crippen LogP contribution in [0, 0.1) is 6.92 Å². The van der Waals surface area contributed by atoms with Crippen LogP contribution in [0.5, 0.6) is 0 Å². The summed E-state index contributed by atoms with van der Waals surface area (Å²) in [5, 5.41) is 0.847. The third-order valence-electron chi connectivity index (χ3n) is 2.72. The van der Waals surface area contributed by atoms with Crippen molar-refractivity contribution in [2.75, 3.05) is 6.54 Å². The number of rotatable bonds is 8. The lowest BCUT2D eigenvalue weighted by Gasteiger charge is -2.05. The zero-order chi connectivity index (χ0) is 12.5. The van der Waals surface area contributed by atoms with Crippen molar-refractivity contribution in [2.45, 2.75) is 50.8 Å². The third kappa shape index (κ3) is 6.35. The van der Waals surface area contributed by atoms with Crippen molar-refractivity contribution in [3.05, 3.63) is 28.8 Å². The summed E-state index contributed by atoms with van der Waals surface area (Å²) in [6, 6.07) is 6.19. The standard InChI is InChI=1S/C14H22ClNS/c1-3-4-5-6-7-10-16-17-13-9-8-12(2)14(15)11-13/h8-9,11,16H,3-7,10H2,1-2H3. The highest BCUT2D eigenvalue weighted by atomic mass is 35.5. The van der Waals surface area contributed by atoms with Gasteiger partial charge in [0.15, 0.2) is 0 Å². The molecule has 0 unspecified atom stereocenters. The molecule has 1 rings (SSSR count). The number of nitrogens with one attached hydrogen (secondary N) is 1. The maximum absolute atomic E-state index is 6.07. The highest BCUT2D eigenvalue weighted by Crippen LogP contribution is 2.22. The van der Waals surface area contributed by atoms with Gasteiger partial charge in [-0.3, -0.25) is 4.72 Å². The van der Waals surface area contributed by atoms with Crippen molar-refractivity contribution in [3.8, 4) is 0 Å². The molecule has 0 aromatic heterocycles. The first-order valence-corrected chi connectivity index (χ1v) is 7.59. The Morgan fingerprint density at radius 1 is 1.18 bits per heavy atom. The average Bonchev–Trinajstić information content (AvgIpc) is 2.32. The van der Waals surface area contributed by atoms with E-state index < -0.39 is 0 Å². The predicted molar refractivity (Wildman–Crippen MR) is 78.8 cm³/mol. The Labute approximate surface area is 114 Å². The first-order chi connectivity index (χ1) is 8.24. The fourth-order valence-electron chi connectivity index (χ4n) is 1.57. The molecule has 0 aliphatic rings. The average molecular weight is 272 g/mol. The molecule has 1 aromatic carbocycles. The van der Waals surface area contributed by atoms with Gasteiger partial charge >= 0.3 is 0 Å². The molecule has 1 nitrogen and oxygen atoms in total. The molecule has 0 atom stereocenters. The van der Waals surface area contributed by atoms with Gasteiger partial charge in [-0.1, -0.05) is 50.3 Å². The van der Waals surface area contributed by atoms with E-state index >= 15 is 0 Å². The van der Waals surface area contributed by atoms with Gasteiger partial charge in [-0.15, -0.1) is 0 Å². The van der Waals surface area contributed by atoms with Crippen LogP contribution in [0.3, 0.4) is 0 Å². The molecule has 0 saturated carbocycles. The fourth-order valence-corrected chi connectivity index (χ4v) is 2.54. The molecular formula is C14H22ClNS. The van der Waals surface area contributed by atoms with Crippen molar-refractivity contribution in [3.63, 3.8) is 0 Å². The highest BCUT2D eigenvalue weighted by molar-refractivity contribution is 7.97. The Kier molecular flexibility index (Phi) is 7.74. The number of hydrogen-bond acceptors (Lipinski definition) is 2. The van der Waals surface area contributed by atoms with Gasteiger partial charge in [0.25, 0.3) is 0 Å². The molecule has 17 heavy (non-hydrogen) atoms. The van der Waals surface area contributed by atoms with Crippen LogP contribution < -0.4 is 4.72 Å². The fraction of sp³-hybridized carbons (Fsp3) is 0.571. The molecule has 3 heteroatoms. The summed E-state index contributed by atoms with van der Waals surface area (Å²) in [4.78, 5) is 1.19. The number of unbranched alkanes of at least 4 members (excludes halogenated alkanes) is 4. The molecule has 1 aromatic rings. The molecule has 0 amide bonds. The molecule has 0 spiro atoms. The van der Waals surface area contributed by atoms with Gasteiger partial charge in [-0.05, 0) is 43.0 Å². The molecule has 1 N–H and O–H groups in total. The van der Waals surface area contributed by atoms with Gasteiger partial charge in [-0.25, -0.2) is 0 Å². The quantitative estimate of drug-likeness (QED) is 0.514. The molecule has 0 bridgehead atoms. The van der Waals surface area contributed by atoms with E-state index in [4.69, 9.17) is 11.6 Å². The molecule has 0 aliphatic heterocycles. The van der Waals surface area contributed by atoms with Gasteiger partial charge in [0.1, 0.15) is 0 Å².